The number of benzene rings is 1. The molecule has 29 heavy (non-hydrogen) atoms. The van der Waals surface area contributed by atoms with Gasteiger partial charge in [-0.2, -0.15) is 5.10 Å². The fourth-order valence-electron chi connectivity index (χ4n) is 3.72. The van der Waals surface area contributed by atoms with Crippen molar-refractivity contribution in [2.24, 2.45) is 0 Å². The van der Waals surface area contributed by atoms with E-state index in [4.69, 9.17) is 21.7 Å². The molecule has 2 aromatic rings. The molecule has 0 amide bonds. The number of nitrogens with one attached hydrogen (secondary N) is 1. The van der Waals surface area contributed by atoms with E-state index in [-0.39, 0.29) is 11.7 Å². The first-order valence-corrected chi connectivity index (χ1v) is 11.7. The van der Waals surface area contributed by atoms with Gasteiger partial charge < -0.3 is 14.0 Å². The average molecular weight is 441 g/mol. The number of methoxy groups -OCH3 is 2. The number of sulfonamides is 1. The minimum Gasteiger partial charge on any atom is -0.493 e. The summed E-state index contributed by atoms with van der Waals surface area (Å²) in [4.78, 5) is 0. The van der Waals surface area contributed by atoms with Gasteiger partial charge in [-0.3, -0.25) is 5.10 Å². The van der Waals surface area contributed by atoms with Crippen molar-refractivity contribution in [3.05, 3.63) is 34.4 Å². The minimum atomic E-state index is -3.20. The summed E-state index contributed by atoms with van der Waals surface area (Å²) in [7, 11) is 0.0246. The predicted octanol–water partition coefficient (Wildman–Crippen LogP) is 2.73. The molecule has 8 nitrogen and oxygen atoms in total. The number of rotatable bonds is 8. The predicted molar refractivity (Wildman–Crippen MR) is 114 cm³/mol. The molecule has 1 saturated heterocycles. The van der Waals surface area contributed by atoms with E-state index in [1.54, 1.807) is 25.4 Å². The number of ether oxygens (including phenoxy) is 2. The number of hydrogen-bond acceptors (Lipinski definition) is 6. The van der Waals surface area contributed by atoms with Gasteiger partial charge in [0, 0.05) is 25.6 Å². The maximum absolute atomic E-state index is 12.3. The number of nitrogens with zero attached hydrogens (tertiary/aromatic N) is 3. The third kappa shape index (κ3) is 4.81. The summed E-state index contributed by atoms with van der Waals surface area (Å²) < 4.78 is 39.4. The molecule has 1 aromatic carbocycles. The Hall–Kier alpha value is -1.91. The van der Waals surface area contributed by atoms with Crippen LogP contribution in [0.4, 0.5) is 0 Å². The average Bonchev–Trinajstić information content (AvgIpc) is 3.12. The lowest BCUT2D eigenvalue weighted by molar-refractivity contribution is 0.304. The molecule has 0 radical (unpaired) electrons. The molecule has 1 aliphatic heterocycles. The van der Waals surface area contributed by atoms with Gasteiger partial charge in [0.25, 0.3) is 0 Å². The van der Waals surface area contributed by atoms with E-state index in [1.165, 1.54) is 0 Å². The number of aromatic amines is 1. The SMILES string of the molecule is CCS(=O)(=O)N1CCC[C@H](c2n[nH]c(=S)n2CCc2ccc(OC)c(OC)c2)C1. The zero-order valence-electron chi connectivity index (χ0n) is 17.1. The number of H-pyrrole nitrogens is 1. The molecule has 0 aliphatic carbocycles. The fraction of sp³-hybridized carbons (Fsp3) is 0.579. The third-order valence-electron chi connectivity index (χ3n) is 5.37. The first-order chi connectivity index (χ1) is 13.9. The van der Waals surface area contributed by atoms with E-state index < -0.39 is 10.0 Å². The zero-order chi connectivity index (χ0) is 21.0. The highest BCUT2D eigenvalue weighted by atomic mass is 32.2. The van der Waals surface area contributed by atoms with Gasteiger partial charge in [0.15, 0.2) is 16.3 Å². The lowest BCUT2D eigenvalue weighted by Crippen LogP contribution is -2.40. The molecule has 0 bridgehead atoms. The molecule has 0 spiro atoms. The summed E-state index contributed by atoms with van der Waals surface area (Å²) in [6, 6.07) is 5.84. The first-order valence-electron chi connectivity index (χ1n) is 9.73. The van der Waals surface area contributed by atoms with Gasteiger partial charge in [-0.05, 0) is 56.1 Å². The molecule has 160 valence electrons. The maximum atomic E-state index is 12.3. The van der Waals surface area contributed by atoms with Gasteiger partial charge in [-0.1, -0.05) is 6.07 Å². The molecule has 0 saturated carbocycles. The largest absolute Gasteiger partial charge is 0.493 e. The standard InChI is InChI=1S/C19H28N4O4S2/c1-4-29(24,25)22-10-5-6-15(13-22)18-20-21-19(28)23(18)11-9-14-7-8-16(26-2)17(12-14)27-3/h7-8,12,15H,4-6,9-11,13H2,1-3H3,(H,21,28)/t15-/m0/s1. The van der Waals surface area contributed by atoms with Crippen molar-refractivity contribution in [3.63, 3.8) is 0 Å². The monoisotopic (exact) mass is 440 g/mol. The van der Waals surface area contributed by atoms with Crippen LogP contribution in [0.15, 0.2) is 18.2 Å². The van der Waals surface area contributed by atoms with Crippen molar-refractivity contribution in [2.45, 2.75) is 38.6 Å². The normalized spacial score (nSPS) is 18.0. The first kappa shape index (κ1) is 21.8. The summed E-state index contributed by atoms with van der Waals surface area (Å²) in [5.74, 6) is 2.35. The molecular formula is C19H28N4O4S2. The molecular weight excluding hydrogens is 412 g/mol. The summed E-state index contributed by atoms with van der Waals surface area (Å²) in [5, 5.41) is 7.32. The number of aromatic nitrogens is 3. The van der Waals surface area contributed by atoms with Crippen molar-refractivity contribution in [2.75, 3.05) is 33.1 Å². The molecule has 1 fully saturated rings. The van der Waals surface area contributed by atoms with Crippen molar-refractivity contribution < 1.29 is 17.9 Å². The second kappa shape index (κ2) is 9.27. The number of aryl methyl sites for hydroxylation is 1. The van der Waals surface area contributed by atoms with Gasteiger partial charge in [0.2, 0.25) is 10.0 Å². The maximum Gasteiger partial charge on any atom is 0.213 e. The lowest BCUT2D eigenvalue weighted by atomic mass is 9.98. The number of hydrogen-bond donors (Lipinski definition) is 1. The van der Waals surface area contributed by atoms with Gasteiger partial charge >= 0.3 is 0 Å². The Kier molecular flexibility index (Phi) is 6.97. The van der Waals surface area contributed by atoms with Crippen LogP contribution in [0.1, 0.15) is 37.1 Å². The van der Waals surface area contributed by atoms with Gasteiger partial charge in [0.05, 0.1) is 20.0 Å². The summed E-state index contributed by atoms with van der Waals surface area (Å²) in [6.07, 6.45) is 2.45. The van der Waals surface area contributed by atoms with Crippen LogP contribution in [0.3, 0.4) is 0 Å². The Bertz CT molecular complexity index is 1000. The highest BCUT2D eigenvalue weighted by molar-refractivity contribution is 7.89. The summed E-state index contributed by atoms with van der Waals surface area (Å²) in [6.45, 7) is 3.35. The van der Waals surface area contributed by atoms with Gasteiger partial charge in [-0.25, -0.2) is 12.7 Å². The van der Waals surface area contributed by atoms with Crippen molar-refractivity contribution in [3.8, 4) is 11.5 Å². The van der Waals surface area contributed by atoms with Crippen LogP contribution < -0.4 is 9.47 Å². The molecule has 1 N–H and O–H groups in total. The molecule has 2 heterocycles. The molecule has 1 aromatic heterocycles. The van der Waals surface area contributed by atoms with Crippen LogP contribution in [0, 0.1) is 4.77 Å². The third-order valence-corrected chi connectivity index (χ3v) is 7.53. The van der Waals surface area contributed by atoms with E-state index in [0.717, 1.165) is 30.7 Å². The molecule has 3 rings (SSSR count). The highest BCUT2D eigenvalue weighted by Gasteiger charge is 2.31. The zero-order valence-corrected chi connectivity index (χ0v) is 18.7. The topological polar surface area (TPSA) is 89.5 Å². The smallest absolute Gasteiger partial charge is 0.213 e. The molecule has 10 heteroatoms. The van der Waals surface area contributed by atoms with Crippen molar-refractivity contribution in [1.29, 1.82) is 0 Å². The second-order valence-corrected chi connectivity index (χ2v) is 9.72. The number of piperidine rings is 1. The van der Waals surface area contributed by atoms with E-state index in [0.29, 0.717) is 35.9 Å². The lowest BCUT2D eigenvalue weighted by Gasteiger charge is -2.31. The summed E-state index contributed by atoms with van der Waals surface area (Å²) >= 11 is 5.44. The van der Waals surface area contributed by atoms with Crippen LogP contribution in [0.2, 0.25) is 0 Å². The van der Waals surface area contributed by atoms with E-state index >= 15 is 0 Å². The van der Waals surface area contributed by atoms with Gasteiger partial charge in [0.1, 0.15) is 5.82 Å². The van der Waals surface area contributed by atoms with E-state index in [1.807, 2.05) is 22.8 Å². The molecule has 0 unspecified atom stereocenters. The Morgan fingerprint density at radius 1 is 1.28 bits per heavy atom. The van der Waals surface area contributed by atoms with E-state index in [9.17, 15) is 8.42 Å². The minimum absolute atomic E-state index is 0.0310. The summed E-state index contributed by atoms with van der Waals surface area (Å²) in [5.41, 5.74) is 1.09. The van der Waals surface area contributed by atoms with Crippen LogP contribution in [-0.2, 0) is 23.0 Å². The fourth-order valence-corrected chi connectivity index (χ4v) is 5.13. The Morgan fingerprint density at radius 3 is 2.72 bits per heavy atom. The van der Waals surface area contributed by atoms with Crippen molar-refractivity contribution in [1.82, 2.24) is 19.1 Å². The Labute approximate surface area is 176 Å². The van der Waals surface area contributed by atoms with Crippen molar-refractivity contribution >= 4 is 22.2 Å². The van der Waals surface area contributed by atoms with Crippen LogP contribution in [0.5, 0.6) is 11.5 Å². The highest BCUT2D eigenvalue weighted by Crippen LogP contribution is 2.29. The van der Waals surface area contributed by atoms with Crippen LogP contribution in [-0.4, -0.2) is 60.5 Å². The van der Waals surface area contributed by atoms with Gasteiger partial charge in [-0.15, -0.1) is 0 Å². The Balaban J connectivity index is 1.77. The Morgan fingerprint density at radius 2 is 2.03 bits per heavy atom. The second-order valence-electron chi connectivity index (χ2n) is 7.08. The van der Waals surface area contributed by atoms with E-state index in [2.05, 4.69) is 10.2 Å². The quantitative estimate of drug-likeness (QED) is 0.635. The molecule has 1 aliphatic rings. The van der Waals surface area contributed by atoms with Crippen LogP contribution >= 0.6 is 12.2 Å². The van der Waals surface area contributed by atoms with Crippen LogP contribution in [0.25, 0.3) is 0 Å². The molecule has 1 atom stereocenters.